The van der Waals surface area contributed by atoms with E-state index in [0.717, 1.165) is 28.7 Å². The van der Waals surface area contributed by atoms with Gasteiger partial charge < -0.3 is 4.57 Å². The number of aryl methyl sites for hydroxylation is 1. The summed E-state index contributed by atoms with van der Waals surface area (Å²) in [7, 11) is 0. The molecule has 2 aromatic heterocycles. The molecule has 0 atom stereocenters. The Morgan fingerprint density at radius 1 is 1.09 bits per heavy atom. The fraction of sp³-hybridized carbons (Fsp3) is 0.118. The SMILES string of the molecule is N#Cc1cccc(-c2nccn2CCSc2ccccn2)c1. The van der Waals surface area contributed by atoms with Crippen molar-refractivity contribution in [1.29, 1.82) is 5.26 Å². The first-order valence-corrected chi connectivity index (χ1v) is 7.91. The van der Waals surface area contributed by atoms with Crippen molar-refractivity contribution in [3.05, 3.63) is 66.6 Å². The summed E-state index contributed by atoms with van der Waals surface area (Å²) in [4.78, 5) is 8.72. The molecular weight excluding hydrogens is 292 g/mol. The third-order valence-corrected chi connectivity index (χ3v) is 4.11. The Labute approximate surface area is 133 Å². The minimum Gasteiger partial charge on any atom is -0.330 e. The molecule has 108 valence electrons. The van der Waals surface area contributed by atoms with Gasteiger partial charge in [-0.15, -0.1) is 11.8 Å². The largest absolute Gasteiger partial charge is 0.330 e. The molecule has 4 nitrogen and oxygen atoms in total. The molecule has 2 heterocycles. The maximum absolute atomic E-state index is 9.01. The van der Waals surface area contributed by atoms with Gasteiger partial charge in [-0.2, -0.15) is 5.26 Å². The molecule has 0 spiro atoms. The number of rotatable bonds is 5. The molecule has 0 bridgehead atoms. The van der Waals surface area contributed by atoms with Gasteiger partial charge in [0, 0.05) is 36.5 Å². The van der Waals surface area contributed by atoms with E-state index in [2.05, 4.69) is 20.6 Å². The summed E-state index contributed by atoms with van der Waals surface area (Å²) in [6.07, 6.45) is 5.56. The van der Waals surface area contributed by atoms with E-state index in [4.69, 9.17) is 5.26 Å². The average molecular weight is 306 g/mol. The van der Waals surface area contributed by atoms with E-state index in [1.807, 2.05) is 42.6 Å². The lowest BCUT2D eigenvalue weighted by Gasteiger charge is -2.08. The average Bonchev–Trinajstić information content (AvgIpc) is 3.04. The molecule has 0 saturated heterocycles. The van der Waals surface area contributed by atoms with Crippen molar-refractivity contribution in [2.24, 2.45) is 0 Å². The molecule has 0 saturated carbocycles. The fourth-order valence-electron chi connectivity index (χ4n) is 2.16. The van der Waals surface area contributed by atoms with Crippen LogP contribution in [-0.2, 0) is 6.54 Å². The van der Waals surface area contributed by atoms with E-state index in [1.165, 1.54) is 0 Å². The number of thioether (sulfide) groups is 1. The van der Waals surface area contributed by atoms with Crippen molar-refractivity contribution in [3.63, 3.8) is 0 Å². The Morgan fingerprint density at radius 3 is 2.86 bits per heavy atom. The fourth-order valence-corrected chi connectivity index (χ4v) is 2.97. The molecule has 0 aliphatic rings. The maximum atomic E-state index is 9.01. The Kier molecular flexibility index (Phi) is 4.52. The van der Waals surface area contributed by atoms with E-state index in [-0.39, 0.29) is 0 Å². The highest BCUT2D eigenvalue weighted by atomic mass is 32.2. The number of aromatic nitrogens is 3. The lowest BCUT2D eigenvalue weighted by molar-refractivity contribution is 0.779. The summed E-state index contributed by atoms with van der Waals surface area (Å²) in [6.45, 7) is 0.841. The van der Waals surface area contributed by atoms with E-state index in [1.54, 1.807) is 30.2 Å². The van der Waals surface area contributed by atoms with Gasteiger partial charge in [0.2, 0.25) is 0 Å². The summed E-state index contributed by atoms with van der Waals surface area (Å²) in [5, 5.41) is 10.0. The van der Waals surface area contributed by atoms with Gasteiger partial charge in [0.15, 0.2) is 0 Å². The second kappa shape index (κ2) is 6.92. The molecule has 0 fully saturated rings. The van der Waals surface area contributed by atoms with Crippen LogP contribution in [0.5, 0.6) is 0 Å². The molecular formula is C17H14N4S. The Morgan fingerprint density at radius 2 is 2.05 bits per heavy atom. The van der Waals surface area contributed by atoms with Gasteiger partial charge in [0.05, 0.1) is 16.7 Å². The molecule has 22 heavy (non-hydrogen) atoms. The van der Waals surface area contributed by atoms with E-state index >= 15 is 0 Å². The highest BCUT2D eigenvalue weighted by molar-refractivity contribution is 7.99. The van der Waals surface area contributed by atoms with Crippen LogP contribution >= 0.6 is 11.8 Å². The molecule has 1 aromatic carbocycles. The molecule has 0 N–H and O–H groups in total. The van der Waals surface area contributed by atoms with Crippen molar-refractivity contribution < 1.29 is 0 Å². The zero-order valence-corrected chi connectivity index (χ0v) is 12.7. The minimum atomic E-state index is 0.648. The molecule has 5 heteroatoms. The standard InChI is InChI=1S/C17H14N4S/c18-13-14-4-3-5-15(12-14)17-20-8-9-21(17)10-11-22-16-6-1-2-7-19-16/h1-9,12H,10-11H2. The van der Waals surface area contributed by atoms with Crippen molar-refractivity contribution in [3.8, 4) is 17.5 Å². The first-order chi connectivity index (χ1) is 10.9. The van der Waals surface area contributed by atoms with Gasteiger partial charge in [-0.05, 0) is 24.3 Å². The topological polar surface area (TPSA) is 54.5 Å². The normalized spacial score (nSPS) is 10.3. The van der Waals surface area contributed by atoms with Crippen molar-refractivity contribution >= 4 is 11.8 Å². The van der Waals surface area contributed by atoms with Gasteiger partial charge >= 0.3 is 0 Å². The first-order valence-electron chi connectivity index (χ1n) is 6.92. The molecule has 0 aliphatic carbocycles. The van der Waals surface area contributed by atoms with Crippen LogP contribution in [0.25, 0.3) is 11.4 Å². The molecule has 3 aromatic rings. The van der Waals surface area contributed by atoms with E-state index < -0.39 is 0 Å². The van der Waals surface area contributed by atoms with Gasteiger partial charge in [0.1, 0.15) is 5.82 Å². The molecule has 0 unspecified atom stereocenters. The summed E-state index contributed by atoms with van der Waals surface area (Å²) in [5.74, 6) is 1.80. The summed E-state index contributed by atoms with van der Waals surface area (Å²) in [6, 6.07) is 15.6. The van der Waals surface area contributed by atoms with Gasteiger partial charge in [-0.25, -0.2) is 9.97 Å². The zero-order valence-electron chi connectivity index (χ0n) is 11.9. The number of pyridine rings is 1. The Hall–Kier alpha value is -2.58. The first kappa shape index (κ1) is 14.4. The monoisotopic (exact) mass is 306 g/mol. The van der Waals surface area contributed by atoms with Crippen LogP contribution in [0, 0.1) is 11.3 Å². The quantitative estimate of drug-likeness (QED) is 0.676. The Bertz CT molecular complexity index is 790. The Balaban J connectivity index is 1.71. The molecule has 0 radical (unpaired) electrons. The number of nitriles is 1. The van der Waals surface area contributed by atoms with Crippen molar-refractivity contribution in [2.45, 2.75) is 11.6 Å². The molecule has 3 rings (SSSR count). The van der Waals surface area contributed by atoms with E-state index in [9.17, 15) is 0 Å². The van der Waals surface area contributed by atoms with Crippen LogP contribution in [0.1, 0.15) is 5.56 Å². The third kappa shape index (κ3) is 3.35. The number of benzene rings is 1. The second-order valence-corrected chi connectivity index (χ2v) is 5.77. The second-order valence-electron chi connectivity index (χ2n) is 4.65. The van der Waals surface area contributed by atoms with Crippen molar-refractivity contribution in [2.75, 3.05) is 5.75 Å². The summed E-state index contributed by atoms with van der Waals surface area (Å²) in [5.41, 5.74) is 1.61. The third-order valence-electron chi connectivity index (χ3n) is 3.19. The predicted octanol–water partition coefficient (Wildman–Crippen LogP) is 3.61. The van der Waals surface area contributed by atoms with Gasteiger partial charge in [-0.1, -0.05) is 18.2 Å². The lowest BCUT2D eigenvalue weighted by atomic mass is 10.1. The number of hydrogen-bond donors (Lipinski definition) is 0. The van der Waals surface area contributed by atoms with E-state index in [0.29, 0.717) is 5.56 Å². The summed E-state index contributed by atoms with van der Waals surface area (Å²) < 4.78 is 2.10. The molecule has 0 aliphatic heterocycles. The maximum Gasteiger partial charge on any atom is 0.139 e. The number of nitrogens with zero attached hydrogens (tertiary/aromatic N) is 4. The lowest BCUT2D eigenvalue weighted by Crippen LogP contribution is -2.02. The van der Waals surface area contributed by atoms with Crippen LogP contribution in [0.2, 0.25) is 0 Å². The van der Waals surface area contributed by atoms with Gasteiger partial charge in [0.25, 0.3) is 0 Å². The van der Waals surface area contributed by atoms with Crippen molar-refractivity contribution in [1.82, 2.24) is 14.5 Å². The van der Waals surface area contributed by atoms with Crippen LogP contribution in [0.15, 0.2) is 66.1 Å². The molecule has 0 amide bonds. The summed E-state index contributed by atoms with van der Waals surface area (Å²) >= 11 is 1.72. The van der Waals surface area contributed by atoms with Crippen LogP contribution < -0.4 is 0 Å². The van der Waals surface area contributed by atoms with Crippen LogP contribution in [0.3, 0.4) is 0 Å². The van der Waals surface area contributed by atoms with Crippen LogP contribution in [-0.4, -0.2) is 20.3 Å². The van der Waals surface area contributed by atoms with Gasteiger partial charge in [-0.3, -0.25) is 0 Å². The smallest absolute Gasteiger partial charge is 0.139 e. The highest BCUT2D eigenvalue weighted by Gasteiger charge is 2.07. The zero-order chi connectivity index (χ0) is 15.2. The number of imidazole rings is 1. The predicted molar refractivity (Wildman–Crippen MR) is 87.3 cm³/mol. The number of hydrogen-bond acceptors (Lipinski definition) is 4. The highest BCUT2D eigenvalue weighted by Crippen LogP contribution is 2.20. The van der Waals surface area contributed by atoms with Crippen LogP contribution in [0.4, 0.5) is 0 Å². The minimum absolute atomic E-state index is 0.648.